The highest BCUT2D eigenvalue weighted by Crippen LogP contribution is 2.42. The first-order valence-corrected chi connectivity index (χ1v) is 4.68. The molecule has 62 valence electrons. The van der Waals surface area contributed by atoms with E-state index in [9.17, 15) is 0 Å². The molecule has 0 bridgehead atoms. The average molecular weight is 169 g/mol. The maximum absolute atomic E-state index is 4.51. The Labute approximate surface area is 73.9 Å². The second-order valence-electron chi connectivity index (χ2n) is 3.82. The molecule has 1 saturated carbocycles. The Morgan fingerprint density at radius 1 is 1.55 bits per heavy atom. The van der Waals surface area contributed by atoms with Gasteiger partial charge in [0.05, 0.1) is 11.7 Å². The standard InChI is InChI=1S/C9H15NS/c1-7(2)3-8-4-9(8)5-10-6-11/h7-9H,3-5H2,1-2H3. The molecular formula is C9H15NS. The van der Waals surface area contributed by atoms with Crippen LogP contribution in [-0.2, 0) is 0 Å². The van der Waals surface area contributed by atoms with Gasteiger partial charge in [-0.1, -0.05) is 13.8 Å². The van der Waals surface area contributed by atoms with E-state index in [1.54, 1.807) is 0 Å². The number of isothiocyanates is 1. The lowest BCUT2D eigenvalue weighted by molar-refractivity contribution is 0.515. The second kappa shape index (κ2) is 3.99. The molecule has 0 radical (unpaired) electrons. The highest BCUT2D eigenvalue weighted by Gasteiger charge is 2.36. The molecule has 2 heteroatoms. The molecule has 0 aromatic rings. The van der Waals surface area contributed by atoms with Gasteiger partial charge in [0.15, 0.2) is 0 Å². The summed E-state index contributed by atoms with van der Waals surface area (Å²) in [5, 5.41) is 2.42. The van der Waals surface area contributed by atoms with Crippen molar-refractivity contribution in [2.75, 3.05) is 6.54 Å². The summed E-state index contributed by atoms with van der Waals surface area (Å²) in [6.07, 6.45) is 2.72. The maximum Gasteiger partial charge on any atom is 0.0585 e. The lowest BCUT2D eigenvalue weighted by Crippen LogP contribution is -1.92. The van der Waals surface area contributed by atoms with Crippen molar-refractivity contribution in [1.82, 2.24) is 0 Å². The van der Waals surface area contributed by atoms with Crippen LogP contribution < -0.4 is 0 Å². The van der Waals surface area contributed by atoms with Crippen molar-refractivity contribution in [3.63, 3.8) is 0 Å². The Balaban J connectivity index is 2.11. The van der Waals surface area contributed by atoms with Crippen LogP contribution in [0.15, 0.2) is 4.99 Å². The van der Waals surface area contributed by atoms with Crippen molar-refractivity contribution in [3.05, 3.63) is 0 Å². The molecule has 2 unspecified atom stereocenters. The van der Waals surface area contributed by atoms with Crippen LogP contribution in [0.3, 0.4) is 0 Å². The third kappa shape index (κ3) is 3.13. The Kier molecular flexibility index (Phi) is 3.22. The summed E-state index contributed by atoms with van der Waals surface area (Å²) in [7, 11) is 0. The molecular weight excluding hydrogens is 154 g/mol. The van der Waals surface area contributed by atoms with Crippen molar-refractivity contribution in [1.29, 1.82) is 0 Å². The van der Waals surface area contributed by atoms with Gasteiger partial charge in [-0.25, -0.2) is 4.99 Å². The van der Waals surface area contributed by atoms with E-state index in [0.717, 1.165) is 24.3 Å². The smallest absolute Gasteiger partial charge is 0.0585 e. The second-order valence-corrected chi connectivity index (χ2v) is 4.00. The third-order valence-electron chi connectivity index (χ3n) is 2.23. The van der Waals surface area contributed by atoms with E-state index in [0.29, 0.717) is 0 Å². The van der Waals surface area contributed by atoms with Crippen LogP contribution in [-0.4, -0.2) is 11.7 Å². The first-order chi connectivity index (χ1) is 5.24. The number of hydrogen-bond donors (Lipinski definition) is 0. The van der Waals surface area contributed by atoms with Gasteiger partial charge in [0, 0.05) is 0 Å². The quantitative estimate of drug-likeness (QED) is 0.465. The fourth-order valence-electron chi connectivity index (χ4n) is 1.58. The number of hydrogen-bond acceptors (Lipinski definition) is 2. The Hall–Kier alpha value is -0.200. The van der Waals surface area contributed by atoms with E-state index in [1.165, 1.54) is 12.8 Å². The van der Waals surface area contributed by atoms with Gasteiger partial charge >= 0.3 is 0 Å². The fraction of sp³-hybridized carbons (Fsp3) is 0.889. The van der Waals surface area contributed by atoms with E-state index < -0.39 is 0 Å². The van der Waals surface area contributed by atoms with Crippen molar-refractivity contribution in [2.45, 2.75) is 26.7 Å². The topological polar surface area (TPSA) is 12.4 Å². The molecule has 0 aromatic carbocycles. The summed E-state index contributed by atoms with van der Waals surface area (Å²) < 4.78 is 0. The predicted molar refractivity (Wildman–Crippen MR) is 50.9 cm³/mol. The van der Waals surface area contributed by atoms with Gasteiger partial charge in [-0.3, -0.25) is 0 Å². The van der Waals surface area contributed by atoms with Crippen LogP contribution in [0.25, 0.3) is 0 Å². The molecule has 0 saturated heterocycles. The number of aliphatic imine (C=N–C) groups is 1. The molecule has 1 aliphatic carbocycles. The van der Waals surface area contributed by atoms with Gasteiger partial charge in [0.2, 0.25) is 0 Å². The molecule has 1 fully saturated rings. The third-order valence-corrected chi connectivity index (χ3v) is 2.36. The minimum Gasteiger partial charge on any atom is -0.232 e. The average Bonchev–Trinajstić information content (AvgIpc) is 2.62. The molecule has 2 atom stereocenters. The molecule has 1 aliphatic rings. The van der Waals surface area contributed by atoms with E-state index >= 15 is 0 Å². The van der Waals surface area contributed by atoms with Crippen LogP contribution in [0, 0.1) is 17.8 Å². The van der Waals surface area contributed by atoms with Crippen molar-refractivity contribution in [3.8, 4) is 0 Å². The first-order valence-electron chi connectivity index (χ1n) is 4.27. The summed E-state index contributed by atoms with van der Waals surface area (Å²) in [6.45, 7) is 5.47. The molecule has 11 heavy (non-hydrogen) atoms. The summed E-state index contributed by atoms with van der Waals surface area (Å²) in [5.74, 6) is 2.59. The molecule has 0 aliphatic heterocycles. The molecule has 0 N–H and O–H groups in total. The minimum atomic E-state index is 0.827. The first kappa shape index (κ1) is 8.89. The molecule has 1 nitrogen and oxygen atoms in total. The van der Waals surface area contributed by atoms with Crippen molar-refractivity contribution < 1.29 is 0 Å². The van der Waals surface area contributed by atoms with Crippen LogP contribution in [0.1, 0.15) is 26.7 Å². The van der Waals surface area contributed by atoms with Crippen molar-refractivity contribution in [2.24, 2.45) is 22.7 Å². The van der Waals surface area contributed by atoms with Gasteiger partial charge in [0.25, 0.3) is 0 Å². The predicted octanol–water partition coefficient (Wildman–Crippen LogP) is 2.77. The summed E-state index contributed by atoms with van der Waals surface area (Å²) in [5.41, 5.74) is 0. The SMILES string of the molecule is CC(C)CC1CC1CN=C=S. The Bertz CT molecular complexity index is 170. The Morgan fingerprint density at radius 3 is 2.82 bits per heavy atom. The molecule has 0 amide bonds. The lowest BCUT2D eigenvalue weighted by atomic mass is 10.1. The zero-order valence-corrected chi connectivity index (χ0v) is 8.03. The van der Waals surface area contributed by atoms with E-state index in [2.05, 4.69) is 36.2 Å². The zero-order valence-electron chi connectivity index (χ0n) is 7.21. The number of rotatable bonds is 4. The van der Waals surface area contributed by atoms with E-state index in [1.807, 2.05) is 0 Å². The van der Waals surface area contributed by atoms with E-state index in [4.69, 9.17) is 0 Å². The minimum absolute atomic E-state index is 0.827. The number of thiocarbonyl (C=S) groups is 1. The zero-order chi connectivity index (χ0) is 8.27. The highest BCUT2D eigenvalue weighted by molar-refractivity contribution is 7.78. The van der Waals surface area contributed by atoms with Gasteiger partial charge in [-0.05, 0) is 42.8 Å². The van der Waals surface area contributed by atoms with Crippen LogP contribution >= 0.6 is 12.2 Å². The van der Waals surface area contributed by atoms with Crippen molar-refractivity contribution >= 4 is 17.4 Å². The highest BCUT2D eigenvalue weighted by atomic mass is 32.1. The van der Waals surface area contributed by atoms with Crippen LogP contribution in [0.5, 0.6) is 0 Å². The van der Waals surface area contributed by atoms with Crippen LogP contribution in [0.4, 0.5) is 0 Å². The normalized spacial score (nSPS) is 28.3. The fourth-order valence-corrected chi connectivity index (χ4v) is 1.66. The molecule has 0 heterocycles. The van der Waals surface area contributed by atoms with Crippen LogP contribution in [0.2, 0.25) is 0 Å². The Morgan fingerprint density at radius 2 is 2.27 bits per heavy atom. The summed E-state index contributed by atoms with van der Waals surface area (Å²) >= 11 is 4.51. The summed E-state index contributed by atoms with van der Waals surface area (Å²) in [6, 6.07) is 0. The molecule has 0 aromatic heterocycles. The van der Waals surface area contributed by atoms with Gasteiger partial charge < -0.3 is 0 Å². The van der Waals surface area contributed by atoms with Gasteiger partial charge in [0.1, 0.15) is 0 Å². The number of nitrogens with zero attached hydrogens (tertiary/aromatic N) is 1. The molecule has 0 spiro atoms. The summed E-state index contributed by atoms with van der Waals surface area (Å²) in [4.78, 5) is 3.96. The monoisotopic (exact) mass is 169 g/mol. The lowest BCUT2D eigenvalue weighted by Gasteiger charge is -2.00. The maximum atomic E-state index is 4.51. The van der Waals surface area contributed by atoms with Gasteiger partial charge in [-0.2, -0.15) is 0 Å². The molecule has 1 rings (SSSR count). The van der Waals surface area contributed by atoms with Gasteiger partial charge in [-0.15, -0.1) is 0 Å². The largest absolute Gasteiger partial charge is 0.232 e. The van der Waals surface area contributed by atoms with E-state index in [-0.39, 0.29) is 0 Å².